The molecule has 0 saturated carbocycles. The van der Waals surface area contributed by atoms with Gasteiger partial charge in [0.15, 0.2) is 0 Å². The average molecular weight is 742 g/mol. The topological polar surface area (TPSA) is 87.3 Å². The van der Waals surface area contributed by atoms with Crippen molar-refractivity contribution in [2.45, 2.75) is 10.1 Å². The SMILES string of the molecule is O=C(Nc1ccc(SC(C(=O)Nc2ccc(Br)cc2)c2ccccc2)cc1)/C(=C/c1ccc(Br)cc1)NC(=O)c1ccccc1. The normalized spacial score (nSPS) is 11.7. The lowest BCUT2D eigenvalue weighted by molar-refractivity contribution is -0.116. The maximum atomic E-state index is 13.4. The number of anilines is 2. The highest BCUT2D eigenvalue weighted by Crippen LogP contribution is 2.37. The van der Waals surface area contributed by atoms with E-state index in [2.05, 4.69) is 47.8 Å². The van der Waals surface area contributed by atoms with Crippen molar-refractivity contribution in [1.82, 2.24) is 5.32 Å². The molecule has 5 aromatic rings. The fourth-order valence-electron chi connectivity index (χ4n) is 4.26. The van der Waals surface area contributed by atoms with Crippen molar-refractivity contribution >= 4 is 78.8 Å². The van der Waals surface area contributed by atoms with Crippen LogP contribution in [0.15, 0.2) is 153 Å². The number of thioether (sulfide) groups is 1. The predicted octanol–water partition coefficient (Wildman–Crippen LogP) is 9.09. The Hall–Kier alpha value is -4.44. The van der Waals surface area contributed by atoms with Gasteiger partial charge in [-0.2, -0.15) is 0 Å². The Kier molecular flexibility index (Phi) is 11.0. The van der Waals surface area contributed by atoms with Crippen molar-refractivity contribution in [3.05, 3.63) is 165 Å². The van der Waals surface area contributed by atoms with Gasteiger partial charge in [-0.3, -0.25) is 14.4 Å². The maximum absolute atomic E-state index is 13.4. The quantitative estimate of drug-likeness (QED) is 0.0985. The third kappa shape index (κ3) is 9.28. The monoisotopic (exact) mass is 739 g/mol. The molecule has 0 heterocycles. The number of halogens is 2. The van der Waals surface area contributed by atoms with Crippen LogP contribution in [0.1, 0.15) is 26.7 Å². The van der Waals surface area contributed by atoms with Crippen molar-refractivity contribution in [2.75, 3.05) is 10.6 Å². The molecule has 0 aliphatic heterocycles. The summed E-state index contributed by atoms with van der Waals surface area (Å²) in [7, 11) is 0. The van der Waals surface area contributed by atoms with E-state index in [4.69, 9.17) is 0 Å². The first-order valence-electron chi connectivity index (χ1n) is 13.9. The van der Waals surface area contributed by atoms with Gasteiger partial charge in [-0.25, -0.2) is 0 Å². The standard InChI is InChI=1S/C36H27Br2N3O3S/c37-27-13-11-24(12-14-27)23-32(41-34(42)26-9-5-2-6-10-26)35(43)39-30-19-21-31(22-20-30)45-33(25-7-3-1-4-8-25)36(44)40-29-17-15-28(38)16-18-29/h1-23,33H,(H,39,43)(H,40,44)(H,41,42)/b32-23-. The van der Waals surface area contributed by atoms with Gasteiger partial charge in [-0.1, -0.05) is 92.5 Å². The molecule has 1 unspecified atom stereocenters. The van der Waals surface area contributed by atoms with E-state index in [1.807, 2.05) is 97.1 Å². The number of hydrogen-bond donors (Lipinski definition) is 3. The molecule has 0 bridgehead atoms. The van der Waals surface area contributed by atoms with Crippen LogP contribution in [0.2, 0.25) is 0 Å². The number of hydrogen-bond acceptors (Lipinski definition) is 4. The van der Waals surface area contributed by atoms with Crippen LogP contribution in [0.5, 0.6) is 0 Å². The summed E-state index contributed by atoms with van der Waals surface area (Å²) in [5, 5.41) is 8.13. The van der Waals surface area contributed by atoms with E-state index in [1.165, 1.54) is 11.8 Å². The molecule has 1 atom stereocenters. The smallest absolute Gasteiger partial charge is 0.272 e. The zero-order valence-corrected chi connectivity index (χ0v) is 27.7. The van der Waals surface area contributed by atoms with Crippen LogP contribution in [-0.2, 0) is 9.59 Å². The zero-order valence-electron chi connectivity index (χ0n) is 23.7. The van der Waals surface area contributed by atoms with Gasteiger partial charge in [0.25, 0.3) is 11.8 Å². The van der Waals surface area contributed by atoms with E-state index in [1.54, 1.807) is 42.5 Å². The summed E-state index contributed by atoms with van der Waals surface area (Å²) in [6, 6.07) is 40.4. The molecule has 6 nitrogen and oxygen atoms in total. The Morgan fingerprint density at radius 2 is 1.16 bits per heavy atom. The van der Waals surface area contributed by atoms with Crippen LogP contribution < -0.4 is 16.0 Å². The van der Waals surface area contributed by atoms with E-state index >= 15 is 0 Å². The molecule has 0 aliphatic rings. The van der Waals surface area contributed by atoms with Crippen molar-refractivity contribution in [2.24, 2.45) is 0 Å². The summed E-state index contributed by atoms with van der Waals surface area (Å²) in [4.78, 5) is 40.6. The van der Waals surface area contributed by atoms with Crippen LogP contribution in [0.4, 0.5) is 11.4 Å². The maximum Gasteiger partial charge on any atom is 0.272 e. The second-order valence-corrected chi connectivity index (χ2v) is 12.8. The van der Waals surface area contributed by atoms with Gasteiger partial charge in [0.1, 0.15) is 10.9 Å². The average Bonchev–Trinajstić information content (AvgIpc) is 3.06. The minimum absolute atomic E-state index is 0.0957. The number of amides is 3. The highest BCUT2D eigenvalue weighted by Gasteiger charge is 2.22. The first kappa shape index (κ1) is 32.0. The first-order valence-corrected chi connectivity index (χ1v) is 16.3. The van der Waals surface area contributed by atoms with E-state index in [0.29, 0.717) is 16.9 Å². The lowest BCUT2D eigenvalue weighted by Gasteiger charge is -2.17. The first-order chi connectivity index (χ1) is 21.8. The fraction of sp³-hybridized carbons (Fsp3) is 0.0278. The summed E-state index contributed by atoms with van der Waals surface area (Å²) < 4.78 is 1.83. The number of benzene rings is 5. The Morgan fingerprint density at radius 3 is 1.78 bits per heavy atom. The Bertz CT molecular complexity index is 1800. The molecule has 0 fully saturated rings. The number of rotatable bonds is 10. The predicted molar refractivity (Wildman–Crippen MR) is 189 cm³/mol. The molecule has 0 aromatic heterocycles. The molecule has 45 heavy (non-hydrogen) atoms. The summed E-state index contributed by atoms with van der Waals surface area (Å²) in [5.74, 6) is -1.02. The molecule has 3 amide bonds. The van der Waals surface area contributed by atoms with Gasteiger partial charge < -0.3 is 16.0 Å². The van der Waals surface area contributed by atoms with Crippen molar-refractivity contribution < 1.29 is 14.4 Å². The summed E-state index contributed by atoms with van der Waals surface area (Å²) in [6.45, 7) is 0. The van der Waals surface area contributed by atoms with Crippen molar-refractivity contribution in [1.29, 1.82) is 0 Å². The van der Waals surface area contributed by atoms with Crippen LogP contribution in [0.3, 0.4) is 0 Å². The van der Waals surface area contributed by atoms with Gasteiger partial charge in [0, 0.05) is 30.8 Å². The summed E-state index contributed by atoms with van der Waals surface area (Å²) >= 11 is 8.25. The minimum Gasteiger partial charge on any atom is -0.325 e. The Labute approximate surface area is 282 Å². The molecule has 9 heteroatoms. The Balaban J connectivity index is 1.32. The van der Waals surface area contributed by atoms with Crippen LogP contribution in [0.25, 0.3) is 6.08 Å². The second-order valence-electron chi connectivity index (χ2n) is 9.81. The lowest BCUT2D eigenvalue weighted by atomic mass is 10.1. The molecular formula is C36H27Br2N3O3S. The summed E-state index contributed by atoms with van der Waals surface area (Å²) in [6.07, 6.45) is 1.63. The van der Waals surface area contributed by atoms with Crippen LogP contribution in [-0.4, -0.2) is 17.7 Å². The zero-order chi connectivity index (χ0) is 31.6. The van der Waals surface area contributed by atoms with Crippen molar-refractivity contribution in [3.8, 4) is 0 Å². The third-order valence-electron chi connectivity index (χ3n) is 6.53. The van der Waals surface area contributed by atoms with Gasteiger partial charge in [0.05, 0.1) is 0 Å². The van der Waals surface area contributed by atoms with Gasteiger partial charge in [-0.15, -0.1) is 11.8 Å². The number of nitrogens with one attached hydrogen (secondary N) is 3. The molecule has 0 spiro atoms. The van der Waals surface area contributed by atoms with Crippen LogP contribution in [0, 0.1) is 0 Å². The largest absolute Gasteiger partial charge is 0.325 e. The Morgan fingerprint density at radius 1 is 0.622 bits per heavy atom. The fourth-order valence-corrected chi connectivity index (χ4v) is 5.81. The molecule has 224 valence electrons. The molecule has 0 saturated heterocycles. The van der Waals surface area contributed by atoms with Crippen LogP contribution >= 0.6 is 43.6 Å². The molecular weight excluding hydrogens is 714 g/mol. The van der Waals surface area contributed by atoms with Crippen molar-refractivity contribution in [3.63, 3.8) is 0 Å². The molecule has 0 radical (unpaired) electrons. The summed E-state index contributed by atoms with van der Waals surface area (Å²) in [5.41, 5.74) is 3.39. The lowest BCUT2D eigenvalue weighted by Crippen LogP contribution is -2.30. The molecule has 5 rings (SSSR count). The van der Waals surface area contributed by atoms with Gasteiger partial charge in [-0.05, 0) is 90.0 Å². The minimum atomic E-state index is -0.510. The highest BCUT2D eigenvalue weighted by atomic mass is 79.9. The number of carbonyl (C=O) groups excluding carboxylic acids is 3. The van der Waals surface area contributed by atoms with E-state index < -0.39 is 17.1 Å². The number of carbonyl (C=O) groups is 3. The highest BCUT2D eigenvalue weighted by molar-refractivity contribution is 9.10. The van der Waals surface area contributed by atoms with E-state index in [-0.39, 0.29) is 11.6 Å². The van der Waals surface area contributed by atoms with E-state index in [0.717, 1.165) is 25.0 Å². The third-order valence-corrected chi connectivity index (χ3v) is 8.85. The molecule has 0 aliphatic carbocycles. The van der Waals surface area contributed by atoms with Gasteiger partial charge in [0.2, 0.25) is 5.91 Å². The van der Waals surface area contributed by atoms with Gasteiger partial charge >= 0.3 is 0 Å². The second kappa shape index (κ2) is 15.5. The van der Waals surface area contributed by atoms with E-state index in [9.17, 15) is 14.4 Å². The molecule has 3 N–H and O–H groups in total. The molecule has 5 aromatic carbocycles.